The number of nitrogens with one attached hydrogen (secondary N) is 1. The zero-order valence-electron chi connectivity index (χ0n) is 14.8. The SMILES string of the molecule is O=C(NC1CCSCC1)c1nn(-c2ccc(Cl)cc2)c2c1CCCCC2. The van der Waals surface area contributed by atoms with Gasteiger partial charge in [0.1, 0.15) is 0 Å². The van der Waals surface area contributed by atoms with E-state index < -0.39 is 0 Å². The number of thioether (sulfide) groups is 1. The van der Waals surface area contributed by atoms with Crippen molar-refractivity contribution in [2.75, 3.05) is 11.5 Å². The molecule has 1 saturated heterocycles. The fraction of sp³-hybridized carbons (Fsp3) is 0.500. The van der Waals surface area contributed by atoms with Gasteiger partial charge in [-0.3, -0.25) is 4.79 Å². The molecule has 1 aliphatic heterocycles. The van der Waals surface area contributed by atoms with Crippen LogP contribution in [-0.2, 0) is 12.8 Å². The molecule has 0 spiro atoms. The third-order valence-electron chi connectivity index (χ3n) is 5.27. The van der Waals surface area contributed by atoms with Gasteiger partial charge in [-0.2, -0.15) is 16.9 Å². The first kappa shape index (κ1) is 17.9. The maximum absolute atomic E-state index is 13.0. The topological polar surface area (TPSA) is 46.9 Å². The third kappa shape index (κ3) is 3.79. The molecule has 0 atom stereocenters. The van der Waals surface area contributed by atoms with Crippen molar-refractivity contribution in [3.8, 4) is 5.69 Å². The highest BCUT2D eigenvalue weighted by Gasteiger charge is 2.26. The number of carbonyl (C=O) groups is 1. The molecule has 0 unspecified atom stereocenters. The van der Waals surface area contributed by atoms with E-state index >= 15 is 0 Å². The van der Waals surface area contributed by atoms with Crippen molar-refractivity contribution in [3.63, 3.8) is 0 Å². The van der Waals surface area contributed by atoms with Gasteiger partial charge in [-0.25, -0.2) is 4.68 Å². The number of fused-ring (bicyclic) bond motifs is 1. The number of amides is 1. The zero-order valence-corrected chi connectivity index (χ0v) is 16.4. The van der Waals surface area contributed by atoms with E-state index in [1.54, 1.807) is 0 Å². The summed E-state index contributed by atoms with van der Waals surface area (Å²) < 4.78 is 1.96. The van der Waals surface area contributed by atoms with Crippen LogP contribution in [-0.4, -0.2) is 33.2 Å². The standard InChI is InChI=1S/C20H24ClN3OS/c21-14-6-8-16(9-7-14)24-18-5-3-1-2-4-17(18)19(23-24)20(25)22-15-10-12-26-13-11-15/h6-9,15H,1-5,10-13H2,(H,22,25). The molecule has 1 N–H and O–H groups in total. The summed E-state index contributed by atoms with van der Waals surface area (Å²) in [6, 6.07) is 7.98. The number of halogens is 1. The van der Waals surface area contributed by atoms with Crippen LogP contribution in [0.2, 0.25) is 5.02 Å². The molecule has 1 fully saturated rings. The Balaban J connectivity index is 1.67. The number of aromatic nitrogens is 2. The lowest BCUT2D eigenvalue weighted by atomic mass is 10.1. The van der Waals surface area contributed by atoms with Crippen molar-refractivity contribution < 1.29 is 4.79 Å². The molecule has 2 aromatic rings. The minimum absolute atomic E-state index is 0.00670. The van der Waals surface area contributed by atoms with Gasteiger partial charge in [-0.15, -0.1) is 0 Å². The van der Waals surface area contributed by atoms with Gasteiger partial charge in [0, 0.05) is 22.3 Å². The molecule has 0 bridgehead atoms. The van der Waals surface area contributed by atoms with E-state index in [0.717, 1.165) is 61.3 Å². The lowest BCUT2D eigenvalue weighted by Gasteiger charge is -2.22. The average Bonchev–Trinajstić information content (AvgIpc) is 2.85. The minimum atomic E-state index is -0.00670. The molecular formula is C20H24ClN3OS. The number of hydrogen-bond donors (Lipinski definition) is 1. The maximum Gasteiger partial charge on any atom is 0.272 e. The van der Waals surface area contributed by atoms with Crippen LogP contribution in [0, 0.1) is 0 Å². The maximum atomic E-state index is 13.0. The van der Waals surface area contributed by atoms with Gasteiger partial charge in [0.15, 0.2) is 5.69 Å². The molecule has 4 nitrogen and oxygen atoms in total. The predicted octanol–water partition coefficient (Wildman–Crippen LogP) is 4.42. The Hall–Kier alpha value is -1.46. The summed E-state index contributed by atoms with van der Waals surface area (Å²) in [5.74, 6) is 2.25. The smallest absolute Gasteiger partial charge is 0.272 e. The van der Waals surface area contributed by atoms with Crippen LogP contribution in [0.1, 0.15) is 53.8 Å². The molecule has 0 saturated carbocycles. The summed E-state index contributed by atoms with van der Waals surface area (Å²) in [4.78, 5) is 13.0. The highest BCUT2D eigenvalue weighted by atomic mass is 35.5. The molecule has 26 heavy (non-hydrogen) atoms. The van der Waals surface area contributed by atoms with Crippen molar-refractivity contribution in [2.45, 2.75) is 51.0 Å². The lowest BCUT2D eigenvalue weighted by molar-refractivity contribution is 0.0928. The summed E-state index contributed by atoms with van der Waals surface area (Å²) in [7, 11) is 0. The van der Waals surface area contributed by atoms with E-state index in [2.05, 4.69) is 5.32 Å². The fourth-order valence-electron chi connectivity index (χ4n) is 3.85. The largest absolute Gasteiger partial charge is 0.348 e. The lowest BCUT2D eigenvalue weighted by Crippen LogP contribution is -2.38. The van der Waals surface area contributed by atoms with Crippen LogP contribution in [0.4, 0.5) is 0 Å². The Morgan fingerprint density at radius 2 is 1.85 bits per heavy atom. The van der Waals surface area contributed by atoms with E-state index in [9.17, 15) is 4.79 Å². The van der Waals surface area contributed by atoms with E-state index in [4.69, 9.17) is 16.7 Å². The Labute approximate surface area is 163 Å². The highest BCUT2D eigenvalue weighted by Crippen LogP contribution is 2.27. The fourth-order valence-corrected chi connectivity index (χ4v) is 5.08. The highest BCUT2D eigenvalue weighted by molar-refractivity contribution is 7.99. The average molecular weight is 390 g/mol. The van der Waals surface area contributed by atoms with E-state index in [-0.39, 0.29) is 11.9 Å². The first-order chi connectivity index (χ1) is 12.7. The Kier molecular flexibility index (Phi) is 5.55. The molecular weight excluding hydrogens is 366 g/mol. The van der Waals surface area contributed by atoms with Gasteiger partial charge in [0.2, 0.25) is 0 Å². The van der Waals surface area contributed by atoms with Crippen LogP contribution >= 0.6 is 23.4 Å². The Morgan fingerprint density at radius 1 is 1.12 bits per heavy atom. The minimum Gasteiger partial charge on any atom is -0.348 e. The van der Waals surface area contributed by atoms with Crippen LogP contribution in [0.3, 0.4) is 0 Å². The molecule has 2 aliphatic rings. The summed E-state index contributed by atoms with van der Waals surface area (Å²) in [5.41, 5.74) is 3.92. The second kappa shape index (κ2) is 8.05. The van der Waals surface area contributed by atoms with Gasteiger partial charge in [0.05, 0.1) is 5.69 Å². The van der Waals surface area contributed by atoms with Crippen molar-refractivity contribution in [3.05, 3.63) is 46.2 Å². The van der Waals surface area contributed by atoms with Gasteiger partial charge < -0.3 is 5.32 Å². The summed E-state index contributed by atoms with van der Waals surface area (Å²) >= 11 is 8.01. The van der Waals surface area contributed by atoms with E-state index in [0.29, 0.717) is 10.7 Å². The van der Waals surface area contributed by atoms with E-state index in [1.165, 1.54) is 12.1 Å². The van der Waals surface area contributed by atoms with Gasteiger partial charge in [-0.05, 0) is 74.3 Å². The van der Waals surface area contributed by atoms with Gasteiger partial charge >= 0.3 is 0 Å². The molecule has 0 radical (unpaired) electrons. The number of carbonyl (C=O) groups excluding carboxylic acids is 1. The Morgan fingerprint density at radius 3 is 2.62 bits per heavy atom. The monoisotopic (exact) mass is 389 g/mol. The summed E-state index contributed by atoms with van der Waals surface area (Å²) in [5, 5.41) is 8.69. The first-order valence-electron chi connectivity index (χ1n) is 9.47. The van der Waals surface area contributed by atoms with Gasteiger partial charge in [0.25, 0.3) is 5.91 Å². The third-order valence-corrected chi connectivity index (χ3v) is 6.57. The molecule has 1 aromatic heterocycles. The Bertz CT molecular complexity index is 781. The van der Waals surface area contributed by atoms with Gasteiger partial charge in [-0.1, -0.05) is 18.0 Å². The van der Waals surface area contributed by atoms with E-state index in [1.807, 2.05) is 40.7 Å². The van der Waals surface area contributed by atoms with Crippen LogP contribution in [0.15, 0.2) is 24.3 Å². The number of nitrogens with zero attached hydrogens (tertiary/aromatic N) is 2. The number of benzene rings is 1. The number of hydrogen-bond acceptors (Lipinski definition) is 3. The normalized spacial score (nSPS) is 18.2. The molecule has 1 aliphatic carbocycles. The zero-order chi connectivity index (χ0) is 17.9. The second-order valence-electron chi connectivity index (χ2n) is 7.08. The quantitative estimate of drug-likeness (QED) is 0.790. The van der Waals surface area contributed by atoms with Crippen LogP contribution in [0.5, 0.6) is 0 Å². The second-order valence-corrected chi connectivity index (χ2v) is 8.74. The van der Waals surface area contributed by atoms with Crippen molar-refractivity contribution >= 4 is 29.3 Å². The van der Waals surface area contributed by atoms with Crippen LogP contribution < -0.4 is 5.32 Å². The molecule has 138 valence electrons. The predicted molar refractivity (Wildman–Crippen MR) is 108 cm³/mol. The van der Waals surface area contributed by atoms with Crippen LogP contribution in [0.25, 0.3) is 5.69 Å². The van der Waals surface area contributed by atoms with Crippen molar-refractivity contribution in [1.82, 2.24) is 15.1 Å². The molecule has 1 aromatic carbocycles. The molecule has 4 rings (SSSR count). The summed E-state index contributed by atoms with van der Waals surface area (Å²) in [6.45, 7) is 0. The molecule has 6 heteroatoms. The summed E-state index contributed by atoms with van der Waals surface area (Å²) in [6.07, 6.45) is 7.49. The molecule has 1 amide bonds. The van der Waals surface area contributed by atoms with Crippen molar-refractivity contribution in [1.29, 1.82) is 0 Å². The molecule has 2 heterocycles. The number of rotatable bonds is 3. The van der Waals surface area contributed by atoms with Crippen molar-refractivity contribution in [2.24, 2.45) is 0 Å². The first-order valence-corrected chi connectivity index (χ1v) is 11.0.